The molecule has 1 aliphatic heterocycles. The Balaban J connectivity index is 1.43. The summed E-state index contributed by atoms with van der Waals surface area (Å²) in [5.74, 6) is -0.381. The van der Waals surface area contributed by atoms with Gasteiger partial charge >= 0.3 is 0 Å². The number of hydrogen-bond donors (Lipinski definition) is 3. The normalized spacial score (nSPS) is 15.4. The Labute approximate surface area is 148 Å². The topological polar surface area (TPSA) is 86.9 Å². The Morgan fingerprint density at radius 2 is 1.92 bits per heavy atom. The third kappa shape index (κ3) is 3.06. The largest absolute Gasteiger partial charge is 0.345 e. The molecule has 1 atom stereocenters. The lowest BCUT2D eigenvalue weighted by Gasteiger charge is -2.10. The van der Waals surface area contributed by atoms with Crippen molar-refractivity contribution in [3.05, 3.63) is 71.5 Å². The van der Waals surface area contributed by atoms with Crippen LogP contribution in [0.25, 0.3) is 11.3 Å². The fourth-order valence-corrected chi connectivity index (χ4v) is 3.02. The van der Waals surface area contributed by atoms with E-state index in [0.29, 0.717) is 17.1 Å². The van der Waals surface area contributed by atoms with E-state index in [4.69, 9.17) is 0 Å². The van der Waals surface area contributed by atoms with Crippen LogP contribution in [0.4, 0.5) is 10.2 Å². The molecule has 1 aliphatic rings. The first kappa shape index (κ1) is 16.0. The molecule has 0 fully saturated rings. The van der Waals surface area contributed by atoms with Gasteiger partial charge in [-0.3, -0.25) is 14.7 Å². The van der Waals surface area contributed by atoms with Crippen LogP contribution in [-0.4, -0.2) is 22.0 Å². The zero-order valence-electron chi connectivity index (χ0n) is 13.6. The van der Waals surface area contributed by atoms with Crippen molar-refractivity contribution in [1.29, 1.82) is 0 Å². The van der Waals surface area contributed by atoms with Crippen LogP contribution in [0.3, 0.4) is 0 Å². The molecule has 1 unspecified atom stereocenters. The molecule has 4 rings (SSSR count). The van der Waals surface area contributed by atoms with E-state index < -0.39 is 0 Å². The Morgan fingerprint density at radius 3 is 2.73 bits per heavy atom. The Hall–Kier alpha value is -3.48. The van der Waals surface area contributed by atoms with E-state index in [0.717, 1.165) is 11.1 Å². The predicted molar refractivity (Wildman–Crippen MR) is 93.9 cm³/mol. The second-order valence-electron chi connectivity index (χ2n) is 6.04. The lowest BCUT2D eigenvalue weighted by atomic mass is 10.0. The van der Waals surface area contributed by atoms with Gasteiger partial charge in [-0.05, 0) is 41.5 Å². The molecule has 0 radical (unpaired) electrons. The van der Waals surface area contributed by atoms with Gasteiger partial charge in [0.25, 0.3) is 5.91 Å². The Morgan fingerprint density at radius 1 is 1.15 bits per heavy atom. The molecular weight excluding hydrogens is 335 g/mol. The highest BCUT2D eigenvalue weighted by molar-refractivity contribution is 6.00. The number of aromatic amines is 1. The van der Waals surface area contributed by atoms with Gasteiger partial charge in [0.1, 0.15) is 5.82 Å². The van der Waals surface area contributed by atoms with Crippen molar-refractivity contribution in [3.63, 3.8) is 0 Å². The molecule has 6 nitrogen and oxygen atoms in total. The fourth-order valence-electron chi connectivity index (χ4n) is 3.02. The summed E-state index contributed by atoms with van der Waals surface area (Å²) in [7, 11) is 0. The van der Waals surface area contributed by atoms with E-state index in [2.05, 4.69) is 20.8 Å². The minimum atomic E-state index is -0.353. The first-order valence-electron chi connectivity index (χ1n) is 8.11. The van der Waals surface area contributed by atoms with Gasteiger partial charge in [0.15, 0.2) is 5.82 Å². The number of aromatic nitrogens is 2. The van der Waals surface area contributed by atoms with Crippen molar-refractivity contribution in [1.82, 2.24) is 15.5 Å². The fraction of sp³-hybridized carbons (Fsp3) is 0.105. The molecule has 2 amide bonds. The Bertz CT molecular complexity index is 981. The van der Waals surface area contributed by atoms with Crippen LogP contribution in [0.15, 0.2) is 54.6 Å². The van der Waals surface area contributed by atoms with Crippen LogP contribution in [0.2, 0.25) is 0 Å². The second kappa shape index (κ2) is 6.44. The number of carbonyl (C=O) groups excluding carboxylic acids is 2. The predicted octanol–water partition coefficient (Wildman–Crippen LogP) is 3.03. The SMILES string of the molecule is O=C(CC1NC(=O)c2ccccc21)Nc1cc(-c2ccc(F)cc2)[nH]n1. The zero-order valence-corrected chi connectivity index (χ0v) is 13.6. The van der Waals surface area contributed by atoms with Crippen molar-refractivity contribution in [3.8, 4) is 11.3 Å². The molecule has 0 saturated carbocycles. The van der Waals surface area contributed by atoms with E-state index in [9.17, 15) is 14.0 Å². The quantitative estimate of drug-likeness (QED) is 0.676. The first-order chi connectivity index (χ1) is 12.6. The van der Waals surface area contributed by atoms with Crippen LogP contribution < -0.4 is 10.6 Å². The number of nitrogens with one attached hydrogen (secondary N) is 3. The molecular formula is C19H15FN4O2. The standard InChI is InChI=1S/C19H15FN4O2/c20-12-7-5-11(6-8-12)15-9-17(24-23-15)22-18(25)10-16-13-3-1-2-4-14(13)19(26)21-16/h1-9,16H,10H2,(H,21,26)(H2,22,23,24,25). The number of H-pyrrole nitrogens is 1. The van der Waals surface area contributed by atoms with Crippen molar-refractivity contribution >= 4 is 17.6 Å². The number of halogens is 1. The number of amides is 2. The maximum absolute atomic E-state index is 13.0. The highest BCUT2D eigenvalue weighted by Gasteiger charge is 2.29. The van der Waals surface area contributed by atoms with Crippen LogP contribution in [0.5, 0.6) is 0 Å². The molecule has 26 heavy (non-hydrogen) atoms. The van der Waals surface area contributed by atoms with E-state index >= 15 is 0 Å². The summed E-state index contributed by atoms with van der Waals surface area (Å²) in [5, 5.41) is 12.4. The monoisotopic (exact) mass is 350 g/mol. The molecule has 130 valence electrons. The van der Waals surface area contributed by atoms with Crippen LogP contribution in [0, 0.1) is 5.82 Å². The number of hydrogen-bond acceptors (Lipinski definition) is 3. The summed E-state index contributed by atoms with van der Waals surface area (Å²) < 4.78 is 13.0. The van der Waals surface area contributed by atoms with E-state index in [-0.39, 0.29) is 30.1 Å². The van der Waals surface area contributed by atoms with E-state index in [1.807, 2.05) is 12.1 Å². The highest BCUT2D eigenvalue weighted by Crippen LogP contribution is 2.28. The number of rotatable bonds is 4. The van der Waals surface area contributed by atoms with E-state index in [1.165, 1.54) is 12.1 Å². The maximum Gasteiger partial charge on any atom is 0.252 e. The van der Waals surface area contributed by atoms with Crippen molar-refractivity contribution in [2.75, 3.05) is 5.32 Å². The summed E-state index contributed by atoms with van der Waals surface area (Å²) >= 11 is 0. The van der Waals surface area contributed by atoms with Crippen molar-refractivity contribution in [2.45, 2.75) is 12.5 Å². The van der Waals surface area contributed by atoms with Gasteiger partial charge in [-0.25, -0.2) is 4.39 Å². The molecule has 2 aromatic carbocycles. The molecule has 7 heteroatoms. The second-order valence-corrected chi connectivity index (χ2v) is 6.04. The van der Waals surface area contributed by atoms with E-state index in [1.54, 1.807) is 30.3 Å². The lowest BCUT2D eigenvalue weighted by Crippen LogP contribution is -2.24. The third-order valence-corrected chi connectivity index (χ3v) is 4.28. The number of carbonyl (C=O) groups is 2. The first-order valence-corrected chi connectivity index (χ1v) is 8.11. The van der Waals surface area contributed by atoms with Crippen LogP contribution in [-0.2, 0) is 4.79 Å². The Kier molecular flexibility index (Phi) is 3.96. The molecule has 0 bridgehead atoms. The maximum atomic E-state index is 13.0. The molecule has 3 aromatic rings. The smallest absolute Gasteiger partial charge is 0.252 e. The van der Waals surface area contributed by atoms with Gasteiger partial charge in [0.2, 0.25) is 5.91 Å². The van der Waals surface area contributed by atoms with Gasteiger partial charge in [-0.1, -0.05) is 18.2 Å². The summed E-state index contributed by atoms with van der Waals surface area (Å²) in [6, 6.07) is 14.5. The van der Waals surface area contributed by atoms with Gasteiger partial charge < -0.3 is 10.6 Å². The summed E-state index contributed by atoms with van der Waals surface area (Å²) in [5.41, 5.74) is 2.85. The zero-order chi connectivity index (χ0) is 18.1. The van der Waals surface area contributed by atoms with Gasteiger partial charge in [-0.2, -0.15) is 5.10 Å². The highest BCUT2D eigenvalue weighted by atomic mass is 19.1. The molecule has 0 spiro atoms. The average Bonchev–Trinajstić information content (AvgIpc) is 3.21. The average molecular weight is 350 g/mol. The molecule has 0 aliphatic carbocycles. The number of anilines is 1. The molecule has 1 aromatic heterocycles. The number of benzene rings is 2. The molecule has 2 heterocycles. The summed E-state index contributed by atoms with van der Waals surface area (Å²) in [6.45, 7) is 0. The minimum absolute atomic E-state index is 0.113. The molecule has 0 saturated heterocycles. The van der Waals surface area contributed by atoms with Crippen molar-refractivity contribution in [2.24, 2.45) is 0 Å². The van der Waals surface area contributed by atoms with Crippen LogP contribution >= 0.6 is 0 Å². The van der Waals surface area contributed by atoms with Gasteiger partial charge in [0, 0.05) is 11.6 Å². The lowest BCUT2D eigenvalue weighted by molar-refractivity contribution is -0.116. The molecule has 3 N–H and O–H groups in total. The summed E-state index contributed by atoms with van der Waals surface area (Å²) in [4.78, 5) is 24.2. The third-order valence-electron chi connectivity index (χ3n) is 4.28. The van der Waals surface area contributed by atoms with Gasteiger partial charge in [-0.15, -0.1) is 0 Å². The number of nitrogens with zero attached hydrogens (tertiary/aromatic N) is 1. The van der Waals surface area contributed by atoms with Crippen LogP contribution in [0.1, 0.15) is 28.4 Å². The van der Waals surface area contributed by atoms with Crippen molar-refractivity contribution < 1.29 is 14.0 Å². The summed E-state index contributed by atoms with van der Waals surface area (Å²) in [6.07, 6.45) is 0.113. The minimum Gasteiger partial charge on any atom is -0.345 e. The van der Waals surface area contributed by atoms with Gasteiger partial charge in [0.05, 0.1) is 18.2 Å². The number of fused-ring (bicyclic) bond motifs is 1.